The fraction of sp³-hybridized carbons (Fsp3) is 0.133. The molecule has 0 spiro atoms. The van der Waals surface area contributed by atoms with Gasteiger partial charge in [-0.15, -0.1) is 0 Å². The minimum Gasteiger partial charge on any atom is -0.481 e. The molecule has 0 amide bonds. The molecule has 0 heterocycles. The van der Waals surface area contributed by atoms with E-state index >= 15 is 0 Å². The molecule has 2 aromatic rings. The van der Waals surface area contributed by atoms with Gasteiger partial charge in [0.15, 0.2) is 0 Å². The van der Waals surface area contributed by atoms with E-state index in [0.29, 0.717) is 5.56 Å². The van der Waals surface area contributed by atoms with Crippen LogP contribution in [-0.2, 0) is 11.2 Å². The molecule has 0 fully saturated rings. The Bertz CT molecular complexity index is 679. The highest BCUT2D eigenvalue weighted by Crippen LogP contribution is 2.29. The molecule has 102 valence electrons. The third kappa shape index (κ3) is 2.83. The van der Waals surface area contributed by atoms with Crippen LogP contribution in [0.5, 0.6) is 0 Å². The van der Waals surface area contributed by atoms with Crippen molar-refractivity contribution in [3.8, 4) is 11.1 Å². The number of nitro groups is 1. The van der Waals surface area contributed by atoms with E-state index in [2.05, 4.69) is 0 Å². The quantitative estimate of drug-likeness (QED) is 0.684. The number of benzene rings is 2. The van der Waals surface area contributed by atoms with Crippen molar-refractivity contribution in [3.63, 3.8) is 0 Å². The van der Waals surface area contributed by atoms with Gasteiger partial charge in [0.2, 0.25) is 0 Å². The van der Waals surface area contributed by atoms with Gasteiger partial charge >= 0.3 is 5.97 Å². The second-order valence-corrected chi connectivity index (χ2v) is 4.49. The molecule has 0 atom stereocenters. The Kier molecular flexibility index (Phi) is 3.79. The van der Waals surface area contributed by atoms with E-state index in [-0.39, 0.29) is 17.7 Å². The zero-order chi connectivity index (χ0) is 14.7. The van der Waals surface area contributed by atoms with Crippen LogP contribution in [-0.4, -0.2) is 16.0 Å². The summed E-state index contributed by atoms with van der Waals surface area (Å²) in [5.41, 5.74) is 2.67. The molecule has 0 aliphatic rings. The predicted octanol–water partition coefficient (Wildman–Crippen LogP) is 3.20. The molecule has 0 saturated heterocycles. The van der Waals surface area contributed by atoms with Gasteiger partial charge in [-0.25, -0.2) is 0 Å². The average molecular weight is 271 g/mol. The lowest BCUT2D eigenvalue weighted by Gasteiger charge is -2.07. The Balaban J connectivity index is 2.53. The maximum atomic E-state index is 11.1. The van der Waals surface area contributed by atoms with E-state index in [1.807, 2.05) is 31.2 Å². The SMILES string of the molecule is Cc1ccccc1-c1ccc(CC(=O)O)c([N+](=O)[O-])c1. The van der Waals surface area contributed by atoms with Crippen LogP contribution in [0.25, 0.3) is 11.1 Å². The third-order valence-electron chi connectivity index (χ3n) is 3.08. The van der Waals surface area contributed by atoms with E-state index in [1.54, 1.807) is 6.07 Å². The van der Waals surface area contributed by atoms with Crippen LogP contribution < -0.4 is 0 Å². The van der Waals surface area contributed by atoms with Crippen molar-refractivity contribution >= 4 is 11.7 Å². The molecule has 5 heteroatoms. The van der Waals surface area contributed by atoms with Crippen LogP contribution in [0, 0.1) is 17.0 Å². The van der Waals surface area contributed by atoms with E-state index in [4.69, 9.17) is 5.11 Å². The first-order valence-corrected chi connectivity index (χ1v) is 6.04. The number of carbonyl (C=O) groups is 1. The summed E-state index contributed by atoms with van der Waals surface area (Å²) >= 11 is 0. The molecule has 1 N–H and O–H groups in total. The summed E-state index contributed by atoms with van der Waals surface area (Å²) in [6.07, 6.45) is -0.357. The van der Waals surface area contributed by atoms with Gasteiger partial charge in [-0.1, -0.05) is 36.4 Å². The molecule has 0 saturated carbocycles. The number of hydrogen-bond acceptors (Lipinski definition) is 3. The Hall–Kier alpha value is -2.69. The van der Waals surface area contributed by atoms with E-state index in [1.165, 1.54) is 12.1 Å². The first kappa shape index (κ1) is 13.7. The minimum absolute atomic E-state index is 0.159. The molecule has 5 nitrogen and oxygen atoms in total. The van der Waals surface area contributed by atoms with Gasteiger partial charge in [-0.05, 0) is 23.6 Å². The Labute approximate surface area is 115 Å². The number of rotatable bonds is 4. The van der Waals surface area contributed by atoms with Crippen LogP contribution in [0.15, 0.2) is 42.5 Å². The molecule has 0 aliphatic carbocycles. The Morgan fingerprint density at radius 2 is 1.95 bits per heavy atom. The number of aryl methyl sites for hydroxylation is 1. The van der Waals surface area contributed by atoms with Crippen molar-refractivity contribution in [2.45, 2.75) is 13.3 Å². The summed E-state index contributed by atoms with van der Waals surface area (Å²) in [5.74, 6) is -1.09. The smallest absolute Gasteiger partial charge is 0.308 e. The van der Waals surface area contributed by atoms with Crippen LogP contribution in [0.4, 0.5) is 5.69 Å². The maximum Gasteiger partial charge on any atom is 0.308 e. The van der Waals surface area contributed by atoms with Crippen molar-refractivity contribution < 1.29 is 14.8 Å². The lowest BCUT2D eigenvalue weighted by atomic mass is 9.98. The topological polar surface area (TPSA) is 80.4 Å². The van der Waals surface area contributed by atoms with Crippen molar-refractivity contribution in [1.29, 1.82) is 0 Å². The van der Waals surface area contributed by atoms with Crippen molar-refractivity contribution in [1.82, 2.24) is 0 Å². The van der Waals surface area contributed by atoms with Gasteiger partial charge in [0.1, 0.15) is 0 Å². The molecular formula is C15H13NO4. The highest BCUT2D eigenvalue weighted by molar-refractivity contribution is 5.75. The standard InChI is InChI=1S/C15H13NO4/c1-10-4-2-3-5-13(10)11-6-7-12(9-15(17)18)14(8-11)16(19)20/h2-8H,9H2,1H3,(H,17,18). The number of carboxylic acids is 1. The highest BCUT2D eigenvalue weighted by atomic mass is 16.6. The fourth-order valence-electron chi connectivity index (χ4n) is 2.11. The lowest BCUT2D eigenvalue weighted by molar-refractivity contribution is -0.385. The van der Waals surface area contributed by atoms with Crippen LogP contribution in [0.2, 0.25) is 0 Å². The summed E-state index contributed by atoms with van der Waals surface area (Å²) in [4.78, 5) is 21.3. The first-order chi connectivity index (χ1) is 9.49. The predicted molar refractivity (Wildman–Crippen MR) is 74.6 cm³/mol. The summed E-state index contributed by atoms with van der Waals surface area (Å²) in [6.45, 7) is 1.92. The average Bonchev–Trinajstić information content (AvgIpc) is 2.39. The van der Waals surface area contributed by atoms with Crippen molar-refractivity contribution in [2.75, 3.05) is 0 Å². The lowest BCUT2D eigenvalue weighted by Crippen LogP contribution is -2.04. The van der Waals surface area contributed by atoms with Crippen molar-refractivity contribution in [3.05, 3.63) is 63.7 Å². The molecule has 2 aromatic carbocycles. The number of aliphatic carboxylic acids is 1. The zero-order valence-corrected chi connectivity index (χ0v) is 10.9. The van der Waals surface area contributed by atoms with Gasteiger partial charge in [-0.2, -0.15) is 0 Å². The van der Waals surface area contributed by atoms with E-state index in [0.717, 1.165) is 11.1 Å². The molecule has 2 rings (SSSR count). The number of hydrogen-bond donors (Lipinski definition) is 1. The summed E-state index contributed by atoms with van der Waals surface area (Å²) in [5, 5.41) is 19.9. The van der Waals surface area contributed by atoms with E-state index < -0.39 is 10.9 Å². The molecular weight excluding hydrogens is 258 g/mol. The maximum absolute atomic E-state index is 11.1. The van der Waals surface area contributed by atoms with Crippen LogP contribution >= 0.6 is 0 Å². The fourth-order valence-corrected chi connectivity index (χ4v) is 2.11. The molecule has 0 unspecified atom stereocenters. The molecule has 20 heavy (non-hydrogen) atoms. The van der Waals surface area contributed by atoms with Crippen LogP contribution in [0.1, 0.15) is 11.1 Å². The van der Waals surface area contributed by atoms with E-state index in [9.17, 15) is 14.9 Å². The van der Waals surface area contributed by atoms with Gasteiger partial charge in [0, 0.05) is 11.6 Å². The van der Waals surface area contributed by atoms with Crippen molar-refractivity contribution in [2.24, 2.45) is 0 Å². The van der Waals surface area contributed by atoms with Crippen LogP contribution in [0.3, 0.4) is 0 Å². The summed E-state index contributed by atoms with van der Waals surface area (Å²) < 4.78 is 0. The first-order valence-electron chi connectivity index (χ1n) is 6.04. The second-order valence-electron chi connectivity index (χ2n) is 4.49. The Morgan fingerprint density at radius 3 is 2.55 bits per heavy atom. The number of carboxylic acid groups (broad SMARTS) is 1. The largest absolute Gasteiger partial charge is 0.481 e. The minimum atomic E-state index is -1.09. The third-order valence-corrected chi connectivity index (χ3v) is 3.08. The highest BCUT2D eigenvalue weighted by Gasteiger charge is 2.17. The molecule has 0 radical (unpaired) electrons. The summed E-state index contributed by atoms with van der Waals surface area (Å²) in [6, 6.07) is 12.2. The number of nitro benzene ring substituents is 1. The molecule has 0 aliphatic heterocycles. The normalized spacial score (nSPS) is 10.2. The monoisotopic (exact) mass is 271 g/mol. The molecule has 0 aromatic heterocycles. The van der Waals surface area contributed by atoms with Gasteiger partial charge in [0.05, 0.1) is 11.3 Å². The second kappa shape index (κ2) is 5.52. The Morgan fingerprint density at radius 1 is 1.25 bits per heavy atom. The summed E-state index contributed by atoms with van der Waals surface area (Å²) in [7, 11) is 0. The van der Waals surface area contributed by atoms with Gasteiger partial charge in [-0.3, -0.25) is 14.9 Å². The van der Waals surface area contributed by atoms with Gasteiger partial charge in [0.25, 0.3) is 5.69 Å². The number of nitrogens with zero attached hydrogens (tertiary/aromatic N) is 1. The zero-order valence-electron chi connectivity index (χ0n) is 10.9. The molecule has 0 bridgehead atoms. The van der Waals surface area contributed by atoms with Gasteiger partial charge < -0.3 is 5.11 Å².